The Labute approximate surface area is 140 Å². The number of ether oxygens (including phenoxy) is 2. The molecular weight excluding hydrogens is 308 g/mol. The highest BCUT2D eigenvalue weighted by atomic mass is 16.5. The van der Waals surface area contributed by atoms with Gasteiger partial charge in [0.1, 0.15) is 17.1 Å². The van der Waals surface area contributed by atoms with Crippen molar-refractivity contribution in [3.05, 3.63) is 42.2 Å². The molecule has 0 radical (unpaired) electrons. The quantitative estimate of drug-likeness (QED) is 0.917. The SMILES string of the molecule is COc1ccc2c(c1)OC(C)(C)CN(C(=O)Nc1ccnnc1)C2. The van der Waals surface area contributed by atoms with Gasteiger partial charge in [-0.15, -0.1) is 0 Å². The first-order valence-corrected chi connectivity index (χ1v) is 7.65. The summed E-state index contributed by atoms with van der Waals surface area (Å²) in [5.41, 5.74) is 1.02. The molecule has 1 aromatic heterocycles. The van der Waals surface area contributed by atoms with Crippen LogP contribution in [-0.4, -0.2) is 40.4 Å². The van der Waals surface area contributed by atoms with E-state index in [0.717, 1.165) is 17.1 Å². The standard InChI is InChI=1S/C17H20N4O3/c1-17(2)11-21(16(22)20-13-6-7-18-19-9-13)10-12-4-5-14(23-3)8-15(12)24-17/h4-9H,10-11H2,1-3H3,(H,18,20,22). The predicted molar refractivity (Wildman–Crippen MR) is 89.2 cm³/mol. The van der Waals surface area contributed by atoms with Gasteiger partial charge in [0.15, 0.2) is 0 Å². The Bertz CT molecular complexity index is 734. The third-order valence-electron chi connectivity index (χ3n) is 3.72. The van der Waals surface area contributed by atoms with Gasteiger partial charge in [-0.05, 0) is 32.0 Å². The molecule has 24 heavy (non-hydrogen) atoms. The summed E-state index contributed by atoms with van der Waals surface area (Å²) >= 11 is 0. The van der Waals surface area contributed by atoms with Gasteiger partial charge in [-0.3, -0.25) is 0 Å². The van der Waals surface area contributed by atoms with Crippen LogP contribution in [0.25, 0.3) is 0 Å². The maximum atomic E-state index is 12.6. The molecule has 0 bridgehead atoms. The Morgan fingerprint density at radius 2 is 2.17 bits per heavy atom. The summed E-state index contributed by atoms with van der Waals surface area (Å²) in [6.07, 6.45) is 3.04. The molecule has 2 aromatic rings. The Morgan fingerprint density at radius 3 is 2.88 bits per heavy atom. The van der Waals surface area contributed by atoms with Crippen LogP contribution in [-0.2, 0) is 6.54 Å². The summed E-state index contributed by atoms with van der Waals surface area (Å²) in [5, 5.41) is 10.3. The van der Waals surface area contributed by atoms with Crippen molar-refractivity contribution < 1.29 is 14.3 Å². The van der Waals surface area contributed by atoms with Gasteiger partial charge in [-0.1, -0.05) is 0 Å². The molecule has 3 rings (SSSR count). The second-order valence-corrected chi connectivity index (χ2v) is 6.25. The van der Waals surface area contributed by atoms with Gasteiger partial charge in [0.05, 0.1) is 38.3 Å². The zero-order valence-electron chi connectivity index (χ0n) is 13.9. The van der Waals surface area contributed by atoms with E-state index in [1.54, 1.807) is 18.1 Å². The molecule has 126 valence electrons. The Hall–Kier alpha value is -2.83. The molecule has 0 saturated heterocycles. The lowest BCUT2D eigenvalue weighted by atomic mass is 10.1. The highest BCUT2D eigenvalue weighted by Crippen LogP contribution is 2.32. The minimum absolute atomic E-state index is 0.205. The van der Waals surface area contributed by atoms with Crippen molar-refractivity contribution in [2.75, 3.05) is 19.0 Å². The molecule has 0 unspecified atom stereocenters. The number of hydrogen-bond acceptors (Lipinski definition) is 5. The molecule has 0 spiro atoms. The summed E-state index contributed by atoms with van der Waals surface area (Å²) in [4.78, 5) is 14.3. The minimum Gasteiger partial charge on any atom is -0.497 e. The van der Waals surface area contributed by atoms with Gasteiger partial charge < -0.3 is 19.7 Å². The fourth-order valence-corrected chi connectivity index (χ4v) is 2.65. The number of carbonyl (C=O) groups is 1. The van der Waals surface area contributed by atoms with Crippen molar-refractivity contribution in [1.29, 1.82) is 0 Å². The first-order chi connectivity index (χ1) is 11.5. The number of aromatic nitrogens is 2. The highest BCUT2D eigenvalue weighted by molar-refractivity contribution is 5.89. The largest absolute Gasteiger partial charge is 0.497 e. The van der Waals surface area contributed by atoms with E-state index in [9.17, 15) is 4.79 Å². The first-order valence-electron chi connectivity index (χ1n) is 7.65. The topological polar surface area (TPSA) is 76.6 Å². The molecule has 2 heterocycles. The van der Waals surface area contributed by atoms with E-state index in [0.29, 0.717) is 18.8 Å². The van der Waals surface area contributed by atoms with Crippen molar-refractivity contribution in [1.82, 2.24) is 15.1 Å². The highest BCUT2D eigenvalue weighted by Gasteiger charge is 2.31. The summed E-state index contributed by atoms with van der Waals surface area (Å²) in [5.74, 6) is 1.46. The molecule has 0 aliphatic carbocycles. The monoisotopic (exact) mass is 328 g/mol. The number of methoxy groups -OCH3 is 1. The van der Waals surface area contributed by atoms with Gasteiger partial charge in [0, 0.05) is 11.6 Å². The maximum absolute atomic E-state index is 12.6. The van der Waals surface area contributed by atoms with Crippen LogP contribution in [0.15, 0.2) is 36.7 Å². The number of fused-ring (bicyclic) bond motifs is 1. The van der Waals surface area contributed by atoms with Crippen LogP contribution in [0.1, 0.15) is 19.4 Å². The van der Waals surface area contributed by atoms with Crippen LogP contribution in [0, 0.1) is 0 Å². The zero-order chi connectivity index (χ0) is 17.2. The molecule has 7 heteroatoms. The van der Waals surface area contributed by atoms with E-state index in [2.05, 4.69) is 15.5 Å². The van der Waals surface area contributed by atoms with E-state index < -0.39 is 5.60 Å². The molecular formula is C17H20N4O3. The smallest absolute Gasteiger partial charge is 0.322 e. The van der Waals surface area contributed by atoms with Gasteiger partial charge in [-0.2, -0.15) is 10.2 Å². The van der Waals surface area contributed by atoms with Crippen LogP contribution in [0.2, 0.25) is 0 Å². The van der Waals surface area contributed by atoms with Gasteiger partial charge in [0.2, 0.25) is 0 Å². The summed E-state index contributed by atoms with van der Waals surface area (Å²) in [7, 11) is 1.62. The number of urea groups is 1. The van der Waals surface area contributed by atoms with Crippen molar-refractivity contribution >= 4 is 11.7 Å². The fraction of sp³-hybridized carbons (Fsp3) is 0.353. The number of nitrogens with zero attached hydrogens (tertiary/aromatic N) is 3. The van der Waals surface area contributed by atoms with Crippen LogP contribution in [0.4, 0.5) is 10.5 Å². The predicted octanol–water partition coefficient (Wildman–Crippen LogP) is 2.69. The van der Waals surface area contributed by atoms with Crippen LogP contribution in [0.5, 0.6) is 11.5 Å². The Kier molecular flexibility index (Phi) is 4.24. The van der Waals surface area contributed by atoms with Gasteiger partial charge in [-0.25, -0.2) is 4.79 Å². The molecule has 0 saturated carbocycles. The van der Waals surface area contributed by atoms with Gasteiger partial charge in [0.25, 0.3) is 0 Å². The van der Waals surface area contributed by atoms with Crippen molar-refractivity contribution in [2.45, 2.75) is 26.0 Å². The average Bonchev–Trinajstić information content (AvgIpc) is 2.69. The number of hydrogen-bond donors (Lipinski definition) is 1. The number of amides is 2. The summed E-state index contributed by atoms with van der Waals surface area (Å²) < 4.78 is 11.4. The molecule has 7 nitrogen and oxygen atoms in total. The van der Waals surface area contributed by atoms with Crippen molar-refractivity contribution in [3.63, 3.8) is 0 Å². The normalized spacial score (nSPS) is 15.7. The second-order valence-electron chi connectivity index (χ2n) is 6.25. The Morgan fingerprint density at radius 1 is 1.33 bits per heavy atom. The molecule has 1 aliphatic rings. The molecule has 0 atom stereocenters. The number of rotatable bonds is 2. The minimum atomic E-state index is -0.522. The number of nitrogens with one attached hydrogen (secondary N) is 1. The van der Waals surface area contributed by atoms with Crippen molar-refractivity contribution in [3.8, 4) is 11.5 Å². The maximum Gasteiger partial charge on any atom is 0.322 e. The van der Waals surface area contributed by atoms with Crippen LogP contribution < -0.4 is 14.8 Å². The zero-order valence-corrected chi connectivity index (χ0v) is 13.9. The first kappa shape index (κ1) is 16.0. The lowest BCUT2D eigenvalue weighted by molar-refractivity contribution is 0.0833. The van der Waals surface area contributed by atoms with E-state index in [4.69, 9.17) is 9.47 Å². The van der Waals surface area contributed by atoms with Gasteiger partial charge >= 0.3 is 6.03 Å². The Balaban J connectivity index is 1.84. The lowest BCUT2D eigenvalue weighted by Crippen LogP contribution is -2.44. The molecule has 1 aliphatic heterocycles. The molecule has 0 fully saturated rings. The second kappa shape index (κ2) is 6.35. The molecule has 1 aromatic carbocycles. The van der Waals surface area contributed by atoms with Crippen LogP contribution >= 0.6 is 0 Å². The third kappa shape index (κ3) is 3.56. The lowest BCUT2D eigenvalue weighted by Gasteiger charge is -2.29. The molecule has 1 N–H and O–H groups in total. The average molecular weight is 328 g/mol. The number of benzene rings is 1. The van der Waals surface area contributed by atoms with Crippen LogP contribution in [0.3, 0.4) is 0 Å². The summed E-state index contributed by atoms with van der Waals surface area (Å²) in [6.45, 7) is 4.81. The van der Waals surface area contributed by atoms with E-state index in [1.165, 1.54) is 12.4 Å². The third-order valence-corrected chi connectivity index (χ3v) is 3.72. The van der Waals surface area contributed by atoms with E-state index >= 15 is 0 Å². The van der Waals surface area contributed by atoms with E-state index in [-0.39, 0.29) is 6.03 Å². The van der Waals surface area contributed by atoms with Crippen molar-refractivity contribution in [2.24, 2.45) is 0 Å². The number of carbonyl (C=O) groups excluding carboxylic acids is 1. The van der Waals surface area contributed by atoms with E-state index in [1.807, 2.05) is 32.0 Å². The fourth-order valence-electron chi connectivity index (χ4n) is 2.65. The number of anilines is 1. The molecule has 2 amide bonds. The summed E-state index contributed by atoms with van der Waals surface area (Å²) in [6, 6.07) is 7.13.